The molecule has 26 heavy (non-hydrogen) atoms. The van der Waals surface area contributed by atoms with Gasteiger partial charge in [-0.25, -0.2) is 0 Å². The molecule has 0 aliphatic rings. The summed E-state index contributed by atoms with van der Waals surface area (Å²) >= 11 is 12.1. The lowest BCUT2D eigenvalue weighted by atomic mass is 10.1. The Labute approximate surface area is 162 Å². The molecular weight excluding hydrogens is 371 g/mol. The highest BCUT2D eigenvalue weighted by atomic mass is 35.5. The number of pyridine rings is 1. The molecule has 0 radical (unpaired) electrons. The van der Waals surface area contributed by atoms with Crippen molar-refractivity contribution >= 4 is 45.0 Å². The molecule has 0 amide bonds. The van der Waals surface area contributed by atoms with Crippen LogP contribution in [-0.4, -0.2) is 24.7 Å². The average molecular weight is 393 g/mol. The number of benzene rings is 2. The molecule has 2 aromatic carbocycles. The minimum atomic E-state index is -0.0704. The Morgan fingerprint density at radius 3 is 2.54 bits per heavy atom. The molecule has 0 atom stereocenters. The molecule has 0 fully saturated rings. The monoisotopic (exact) mass is 392 g/mol. The van der Waals surface area contributed by atoms with E-state index in [2.05, 4.69) is 17.2 Å². The molecule has 138 valence electrons. The van der Waals surface area contributed by atoms with Gasteiger partial charge in [-0.3, -0.25) is 4.79 Å². The first-order valence-corrected chi connectivity index (χ1v) is 9.64. The van der Waals surface area contributed by atoms with Gasteiger partial charge in [-0.2, -0.15) is 0 Å². The average Bonchev–Trinajstić information content (AvgIpc) is 2.63. The number of rotatable bonds is 8. The van der Waals surface area contributed by atoms with Crippen molar-refractivity contribution in [1.29, 1.82) is 0 Å². The number of ether oxygens (including phenoxy) is 1. The molecule has 0 saturated heterocycles. The summed E-state index contributed by atoms with van der Waals surface area (Å²) in [7, 11) is 0. The van der Waals surface area contributed by atoms with Crippen molar-refractivity contribution in [2.75, 3.05) is 19.7 Å². The third-order valence-electron chi connectivity index (χ3n) is 4.28. The Hall–Kier alpha value is -1.75. The maximum Gasteiger partial charge on any atom is 0.197 e. The van der Waals surface area contributed by atoms with Gasteiger partial charge < -0.3 is 15.0 Å². The molecule has 0 bridgehead atoms. The third-order valence-corrected chi connectivity index (χ3v) is 5.01. The van der Waals surface area contributed by atoms with Gasteiger partial charge in [-0.1, -0.05) is 36.5 Å². The fraction of sp³-hybridized carbons (Fsp3) is 0.350. The van der Waals surface area contributed by atoms with Gasteiger partial charge >= 0.3 is 0 Å². The normalized spacial score (nSPS) is 11.3. The second-order valence-corrected chi connectivity index (χ2v) is 7.09. The topological polar surface area (TPSA) is 54.1 Å². The van der Waals surface area contributed by atoms with Gasteiger partial charge in [0, 0.05) is 16.8 Å². The zero-order chi connectivity index (χ0) is 18.5. The second kappa shape index (κ2) is 8.76. The summed E-state index contributed by atoms with van der Waals surface area (Å²) in [6.45, 7) is 4.80. The van der Waals surface area contributed by atoms with Crippen molar-refractivity contribution in [2.24, 2.45) is 0 Å². The van der Waals surface area contributed by atoms with Gasteiger partial charge in [-0.05, 0) is 50.2 Å². The number of hydrogen-bond acceptors (Lipinski definition) is 3. The molecular formula is C20H22Cl2N2O2. The summed E-state index contributed by atoms with van der Waals surface area (Å²) in [5.74, 6) is 0.737. The summed E-state index contributed by atoms with van der Waals surface area (Å²) in [6.07, 6.45) is 3.33. The van der Waals surface area contributed by atoms with Crippen molar-refractivity contribution in [3.8, 4) is 5.75 Å². The highest BCUT2D eigenvalue weighted by molar-refractivity contribution is 6.42. The van der Waals surface area contributed by atoms with Gasteiger partial charge in [0.05, 0.1) is 27.7 Å². The molecule has 4 nitrogen and oxygen atoms in total. The molecule has 2 N–H and O–H groups in total. The number of halogens is 2. The van der Waals surface area contributed by atoms with Crippen molar-refractivity contribution in [1.82, 2.24) is 10.3 Å². The fourth-order valence-electron chi connectivity index (χ4n) is 2.86. The van der Waals surface area contributed by atoms with E-state index in [0.29, 0.717) is 32.9 Å². The van der Waals surface area contributed by atoms with Crippen LogP contribution < -0.4 is 15.5 Å². The van der Waals surface area contributed by atoms with Crippen molar-refractivity contribution in [3.05, 3.63) is 50.6 Å². The number of H-pyrrole nitrogens is 1. The lowest BCUT2D eigenvalue weighted by molar-refractivity contribution is 0.308. The van der Waals surface area contributed by atoms with Gasteiger partial charge in [0.1, 0.15) is 5.75 Å². The molecule has 0 unspecified atom stereocenters. The Morgan fingerprint density at radius 2 is 1.73 bits per heavy atom. The summed E-state index contributed by atoms with van der Waals surface area (Å²) in [5.41, 5.74) is 1.31. The number of nitrogens with one attached hydrogen (secondary N) is 2. The summed E-state index contributed by atoms with van der Waals surface area (Å²) in [5, 5.41) is 5.30. The molecule has 1 heterocycles. The minimum absolute atomic E-state index is 0.0704. The predicted octanol–water partition coefficient (Wildman–Crippen LogP) is 5.15. The van der Waals surface area contributed by atoms with E-state index in [1.165, 1.54) is 12.8 Å². The molecule has 3 rings (SSSR count). The van der Waals surface area contributed by atoms with Gasteiger partial charge in [-0.15, -0.1) is 0 Å². The predicted molar refractivity (Wildman–Crippen MR) is 110 cm³/mol. The third kappa shape index (κ3) is 4.32. The number of fused-ring (bicyclic) bond motifs is 2. The molecule has 0 spiro atoms. The number of aromatic nitrogens is 1. The van der Waals surface area contributed by atoms with E-state index in [1.807, 2.05) is 12.1 Å². The van der Waals surface area contributed by atoms with Gasteiger partial charge in [0.15, 0.2) is 5.43 Å². The second-order valence-electron chi connectivity index (χ2n) is 6.28. The smallest absolute Gasteiger partial charge is 0.197 e. The van der Waals surface area contributed by atoms with Crippen LogP contribution in [0.15, 0.2) is 35.1 Å². The van der Waals surface area contributed by atoms with E-state index in [1.54, 1.807) is 18.2 Å². The lowest BCUT2D eigenvalue weighted by Gasteiger charge is -2.09. The first-order valence-electron chi connectivity index (χ1n) is 8.88. The van der Waals surface area contributed by atoms with Crippen LogP contribution in [-0.2, 0) is 0 Å². The number of unbranched alkanes of at least 4 members (excludes halogenated alkanes) is 1. The van der Waals surface area contributed by atoms with E-state index in [-0.39, 0.29) is 5.43 Å². The molecule has 0 saturated carbocycles. The van der Waals surface area contributed by atoms with Gasteiger partial charge in [0.2, 0.25) is 0 Å². The van der Waals surface area contributed by atoms with E-state index >= 15 is 0 Å². The SMILES string of the molecule is CCCCNCCCOc1ccc2c(=O)c3cc(Cl)c(Cl)cc3[nH]c2c1. The van der Waals surface area contributed by atoms with Crippen molar-refractivity contribution in [3.63, 3.8) is 0 Å². The Bertz CT molecular complexity index is 969. The molecule has 1 aromatic heterocycles. The largest absolute Gasteiger partial charge is 0.493 e. The highest BCUT2D eigenvalue weighted by Crippen LogP contribution is 2.27. The van der Waals surface area contributed by atoms with E-state index < -0.39 is 0 Å². The number of hydrogen-bond donors (Lipinski definition) is 2. The molecule has 3 aromatic rings. The van der Waals surface area contributed by atoms with Gasteiger partial charge in [0.25, 0.3) is 0 Å². The maximum atomic E-state index is 12.7. The van der Waals surface area contributed by atoms with Crippen molar-refractivity contribution < 1.29 is 4.74 Å². The van der Waals surface area contributed by atoms with E-state index in [0.717, 1.165) is 30.8 Å². The first-order chi connectivity index (χ1) is 12.6. The summed E-state index contributed by atoms with van der Waals surface area (Å²) in [6, 6.07) is 8.74. The Kier molecular flexibility index (Phi) is 6.41. The zero-order valence-corrected chi connectivity index (χ0v) is 16.2. The lowest BCUT2D eigenvalue weighted by Crippen LogP contribution is -2.18. The molecule has 6 heteroatoms. The Balaban J connectivity index is 1.75. The van der Waals surface area contributed by atoms with E-state index in [9.17, 15) is 4.79 Å². The highest BCUT2D eigenvalue weighted by Gasteiger charge is 2.09. The van der Waals surface area contributed by atoms with Crippen molar-refractivity contribution in [2.45, 2.75) is 26.2 Å². The summed E-state index contributed by atoms with van der Waals surface area (Å²) < 4.78 is 5.81. The van der Waals surface area contributed by atoms with Crippen LogP contribution in [0.1, 0.15) is 26.2 Å². The first kappa shape index (κ1) is 19.0. The maximum absolute atomic E-state index is 12.7. The molecule has 0 aliphatic carbocycles. The Morgan fingerprint density at radius 1 is 1.00 bits per heavy atom. The molecule has 0 aliphatic heterocycles. The van der Waals surface area contributed by atoms with Crippen LogP contribution >= 0.6 is 23.2 Å². The van der Waals surface area contributed by atoms with Crippen LogP contribution in [0.3, 0.4) is 0 Å². The number of aromatic amines is 1. The fourth-order valence-corrected chi connectivity index (χ4v) is 3.18. The summed E-state index contributed by atoms with van der Waals surface area (Å²) in [4.78, 5) is 15.9. The quantitative estimate of drug-likeness (QED) is 0.411. The van der Waals surface area contributed by atoms with Crippen LogP contribution in [0.2, 0.25) is 10.0 Å². The van der Waals surface area contributed by atoms with E-state index in [4.69, 9.17) is 27.9 Å². The van der Waals surface area contributed by atoms with Crippen LogP contribution in [0.4, 0.5) is 0 Å². The van der Waals surface area contributed by atoms with Crippen LogP contribution in [0.5, 0.6) is 5.75 Å². The standard InChI is InChI=1S/C20H22Cl2N2O2/c1-2-3-7-23-8-4-9-26-13-5-6-14-18(10-13)24-19-12-17(22)16(21)11-15(19)20(14)25/h5-6,10-12,23H,2-4,7-9H2,1H3,(H,24,25). The minimum Gasteiger partial charge on any atom is -0.493 e. The van der Waals surface area contributed by atoms with Crippen LogP contribution in [0.25, 0.3) is 21.8 Å². The van der Waals surface area contributed by atoms with Crippen LogP contribution in [0, 0.1) is 0 Å². The zero-order valence-electron chi connectivity index (χ0n) is 14.7.